The fourth-order valence-electron chi connectivity index (χ4n) is 3.64. The largest absolute Gasteiger partial charge is 0.467 e. The van der Waals surface area contributed by atoms with Gasteiger partial charge in [-0.2, -0.15) is 0 Å². The molecule has 2 aliphatic rings. The van der Waals surface area contributed by atoms with Gasteiger partial charge >= 0.3 is 0 Å². The topological polar surface area (TPSA) is 32.8 Å². The third kappa shape index (κ3) is 2.57. The van der Waals surface area contributed by atoms with Crippen LogP contribution in [0.25, 0.3) is 0 Å². The molecule has 0 radical (unpaired) electrons. The van der Waals surface area contributed by atoms with Crippen LogP contribution < -0.4 is 4.74 Å². The van der Waals surface area contributed by atoms with Crippen LogP contribution in [0.4, 0.5) is 0 Å². The summed E-state index contributed by atoms with van der Waals surface area (Å²) in [5.74, 6) is 0.793. The molecule has 1 saturated heterocycles. The lowest BCUT2D eigenvalue weighted by Gasteiger charge is -2.50. The Morgan fingerprint density at radius 2 is 1.67 bits per heavy atom. The Labute approximate surface area is 142 Å². The second kappa shape index (κ2) is 5.95. The van der Waals surface area contributed by atoms with Gasteiger partial charge in [-0.25, -0.2) is 0 Å². The Bertz CT molecular complexity index is 736. The van der Waals surface area contributed by atoms with Crippen LogP contribution in [0.1, 0.15) is 28.8 Å². The van der Waals surface area contributed by atoms with E-state index in [9.17, 15) is 4.79 Å². The van der Waals surface area contributed by atoms with Crippen LogP contribution in [0, 0.1) is 0 Å². The number of benzene rings is 2. The molecule has 4 rings (SSSR count). The van der Waals surface area contributed by atoms with Gasteiger partial charge in [0.25, 0.3) is 5.91 Å². The maximum atomic E-state index is 13.2. The van der Waals surface area contributed by atoms with E-state index in [2.05, 4.69) is 24.1 Å². The molecule has 2 aliphatic heterocycles. The fourth-order valence-corrected chi connectivity index (χ4v) is 3.64. The number of likely N-dealkylation sites (tertiary alicyclic amines) is 1. The number of hydrogen-bond acceptors (Lipinski definition) is 3. The first-order chi connectivity index (χ1) is 11.7. The van der Waals surface area contributed by atoms with Crippen LogP contribution in [0.15, 0.2) is 54.6 Å². The van der Waals surface area contributed by atoms with E-state index in [4.69, 9.17) is 4.74 Å². The molecule has 0 unspecified atom stereocenters. The highest BCUT2D eigenvalue weighted by molar-refractivity contribution is 5.98. The Hall–Kier alpha value is -2.33. The molecule has 0 aliphatic carbocycles. The van der Waals surface area contributed by atoms with Gasteiger partial charge < -0.3 is 9.64 Å². The SMILES string of the molecule is CN1CCC2(CC1)Oc1ccccc1C(=O)N2Cc1ccccc1. The van der Waals surface area contributed by atoms with Crippen molar-refractivity contribution in [1.82, 2.24) is 9.80 Å². The van der Waals surface area contributed by atoms with E-state index in [1.54, 1.807) is 0 Å². The van der Waals surface area contributed by atoms with Gasteiger partial charge in [-0.05, 0) is 24.7 Å². The van der Waals surface area contributed by atoms with Crippen LogP contribution >= 0.6 is 0 Å². The molecule has 1 spiro atoms. The number of amides is 1. The highest BCUT2D eigenvalue weighted by atomic mass is 16.5. The number of hydrogen-bond donors (Lipinski definition) is 0. The van der Waals surface area contributed by atoms with E-state index in [1.807, 2.05) is 47.4 Å². The Kier molecular flexibility index (Phi) is 3.77. The van der Waals surface area contributed by atoms with Gasteiger partial charge in [0, 0.05) is 32.5 Å². The first kappa shape index (κ1) is 15.2. The summed E-state index contributed by atoms with van der Waals surface area (Å²) >= 11 is 0. The zero-order chi connectivity index (χ0) is 16.6. The van der Waals surface area contributed by atoms with Crippen molar-refractivity contribution < 1.29 is 9.53 Å². The third-order valence-corrected chi connectivity index (χ3v) is 5.11. The summed E-state index contributed by atoms with van der Waals surface area (Å²) in [5, 5.41) is 0. The summed E-state index contributed by atoms with van der Waals surface area (Å²) in [6.07, 6.45) is 1.66. The van der Waals surface area contributed by atoms with Crippen molar-refractivity contribution in [3.8, 4) is 5.75 Å². The monoisotopic (exact) mass is 322 g/mol. The third-order valence-electron chi connectivity index (χ3n) is 5.11. The van der Waals surface area contributed by atoms with Gasteiger partial charge in [0.2, 0.25) is 0 Å². The Morgan fingerprint density at radius 3 is 2.42 bits per heavy atom. The van der Waals surface area contributed by atoms with Gasteiger partial charge in [-0.3, -0.25) is 9.69 Å². The zero-order valence-electron chi connectivity index (χ0n) is 13.9. The minimum Gasteiger partial charge on any atom is -0.467 e. The van der Waals surface area contributed by atoms with E-state index >= 15 is 0 Å². The van der Waals surface area contributed by atoms with Gasteiger partial charge in [-0.1, -0.05) is 42.5 Å². The summed E-state index contributed by atoms with van der Waals surface area (Å²) in [6, 6.07) is 17.8. The molecule has 0 aromatic heterocycles. The minimum atomic E-state index is -0.534. The number of piperidine rings is 1. The summed E-state index contributed by atoms with van der Waals surface area (Å²) in [4.78, 5) is 17.4. The summed E-state index contributed by atoms with van der Waals surface area (Å²) < 4.78 is 6.44. The van der Waals surface area contributed by atoms with Crippen molar-refractivity contribution in [3.63, 3.8) is 0 Å². The molecule has 2 heterocycles. The molecule has 124 valence electrons. The van der Waals surface area contributed by atoms with E-state index in [0.29, 0.717) is 12.1 Å². The Balaban J connectivity index is 1.73. The number of fused-ring (bicyclic) bond motifs is 1. The second-order valence-corrected chi connectivity index (χ2v) is 6.72. The predicted molar refractivity (Wildman–Crippen MR) is 92.8 cm³/mol. The molecule has 24 heavy (non-hydrogen) atoms. The maximum absolute atomic E-state index is 13.2. The highest BCUT2D eigenvalue weighted by Crippen LogP contribution is 2.40. The van der Waals surface area contributed by atoms with Gasteiger partial charge in [0.15, 0.2) is 5.72 Å². The molecule has 0 bridgehead atoms. The van der Waals surface area contributed by atoms with Gasteiger partial charge in [0.1, 0.15) is 5.75 Å². The lowest BCUT2D eigenvalue weighted by Crippen LogP contribution is -2.62. The lowest BCUT2D eigenvalue weighted by atomic mass is 9.94. The van der Waals surface area contributed by atoms with E-state index in [0.717, 1.165) is 37.2 Å². The molecular formula is C20H22N2O2. The second-order valence-electron chi connectivity index (χ2n) is 6.72. The number of carbonyl (C=O) groups is 1. The predicted octanol–water partition coefficient (Wildman–Crippen LogP) is 3.14. The number of para-hydroxylation sites is 1. The number of ether oxygens (including phenoxy) is 1. The molecule has 4 nitrogen and oxygen atoms in total. The molecule has 2 aromatic carbocycles. The van der Waals surface area contributed by atoms with Crippen LogP contribution in [0.2, 0.25) is 0 Å². The molecule has 4 heteroatoms. The van der Waals surface area contributed by atoms with E-state index < -0.39 is 5.72 Å². The molecule has 2 aromatic rings. The summed E-state index contributed by atoms with van der Waals surface area (Å²) in [5.41, 5.74) is 1.26. The number of carbonyl (C=O) groups excluding carboxylic acids is 1. The standard InChI is InChI=1S/C20H22N2O2/c1-21-13-11-20(12-14-21)22(15-16-7-3-2-4-8-16)19(23)17-9-5-6-10-18(17)24-20/h2-10H,11-15H2,1H3. The van der Waals surface area contributed by atoms with E-state index in [-0.39, 0.29) is 5.91 Å². The molecule has 1 fully saturated rings. The van der Waals surface area contributed by atoms with Gasteiger partial charge in [0.05, 0.1) is 5.56 Å². The van der Waals surface area contributed by atoms with Crippen molar-refractivity contribution in [2.45, 2.75) is 25.1 Å². The number of rotatable bonds is 2. The van der Waals surface area contributed by atoms with Gasteiger partial charge in [-0.15, -0.1) is 0 Å². The average molecular weight is 322 g/mol. The fraction of sp³-hybridized carbons (Fsp3) is 0.350. The molecule has 1 amide bonds. The van der Waals surface area contributed by atoms with Crippen LogP contribution in [-0.4, -0.2) is 41.6 Å². The minimum absolute atomic E-state index is 0.0743. The smallest absolute Gasteiger partial charge is 0.260 e. The lowest BCUT2D eigenvalue weighted by molar-refractivity contribution is -0.112. The van der Waals surface area contributed by atoms with Crippen LogP contribution in [-0.2, 0) is 6.54 Å². The molecule has 0 saturated carbocycles. The van der Waals surface area contributed by atoms with Crippen molar-refractivity contribution in [2.75, 3.05) is 20.1 Å². The highest BCUT2D eigenvalue weighted by Gasteiger charge is 2.48. The first-order valence-electron chi connectivity index (χ1n) is 8.50. The van der Waals surface area contributed by atoms with Crippen molar-refractivity contribution in [3.05, 3.63) is 65.7 Å². The number of nitrogens with zero attached hydrogens (tertiary/aromatic N) is 2. The normalized spacial score (nSPS) is 19.9. The first-order valence-corrected chi connectivity index (χ1v) is 8.50. The van der Waals surface area contributed by atoms with Crippen molar-refractivity contribution in [1.29, 1.82) is 0 Å². The zero-order valence-corrected chi connectivity index (χ0v) is 13.9. The maximum Gasteiger partial charge on any atom is 0.260 e. The van der Waals surface area contributed by atoms with Crippen LogP contribution in [0.5, 0.6) is 5.75 Å². The molecular weight excluding hydrogens is 300 g/mol. The van der Waals surface area contributed by atoms with E-state index in [1.165, 1.54) is 0 Å². The van der Waals surface area contributed by atoms with Crippen molar-refractivity contribution in [2.24, 2.45) is 0 Å². The summed E-state index contributed by atoms with van der Waals surface area (Å²) in [7, 11) is 2.12. The van der Waals surface area contributed by atoms with Crippen LogP contribution in [0.3, 0.4) is 0 Å². The quantitative estimate of drug-likeness (QED) is 0.851. The molecule has 0 N–H and O–H groups in total. The van der Waals surface area contributed by atoms with Crippen molar-refractivity contribution >= 4 is 5.91 Å². The summed E-state index contributed by atoms with van der Waals surface area (Å²) in [6.45, 7) is 2.44. The average Bonchev–Trinajstić information content (AvgIpc) is 2.62. The molecule has 0 atom stereocenters. The Morgan fingerprint density at radius 1 is 1.00 bits per heavy atom.